The second-order valence-electron chi connectivity index (χ2n) is 6.27. The van der Waals surface area contributed by atoms with Crippen LogP contribution in [0.25, 0.3) is 0 Å². The standard InChI is InChI=1S/C16H23NO2/c1-16(2)14(13-5-4-10-19-15(13)16)17-11-6-8-12(18-3)9-7-11/h6-9,13-15,17H,4-5,10H2,1-3H3. The van der Waals surface area contributed by atoms with Crippen LogP contribution in [0.15, 0.2) is 24.3 Å². The van der Waals surface area contributed by atoms with Gasteiger partial charge in [-0.25, -0.2) is 0 Å². The highest BCUT2D eigenvalue weighted by Gasteiger charge is 2.57. The van der Waals surface area contributed by atoms with Crippen LogP contribution in [0.1, 0.15) is 26.7 Å². The second-order valence-corrected chi connectivity index (χ2v) is 6.27. The monoisotopic (exact) mass is 261 g/mol. The highest BCUT2D eigenvalue weighted by atomic mass is 16.5. The van der Waals surface area contributed by atoms with Crippen molar-refractivity contribution in [3.63, 3.8) is 0 Å². The Morgan fingerprint density at radius 2 is 2.00 bits per heavy atom. The number of hydrogen-bond donors (Lipinski definition) is 1. The highest BCUT2D eigenvalue weighted by molar-refractivity contribution is 5.48. The number of anilines is 1. The zero-order chi connectivity index (χ0) is 13.5. The van der Waals surface area contributed by atoms with Gasteiger partial charge in [0.05, 0.1) is 13.2 Å². The Labute approximate surface area is 115 Å². The van der Waals surface area contributed by atoms with Crippen molar-refractivity contribution in [3.8, 4) is 5.75 Å². The Morgan fingerprint density at radius 3 is 2.68 bits per heavy atom. The summed E-state index contributed by atoms with van der Waals surface area (Å²) in [6.07, 6.45) is 2.90. The van der Waals surface area contributed by atoms with Crippen molar-refractivity contribution < 1.29 is 9.47 Å². The number of fused-ring (bicyclic) bond motifs is 1. The number of nitrogens with one attached hydrogen (secondary N) is 1. The van der Waals surface area contributed by atoms with Gasteiger partial charge in [0.25, 0.3) is 0 Å². The van der Waals surface area contributed by atoms with E-state index in [2.05, 4.69) is 31.3 Å². The summed E-state index contributed by atoms with van der Waals surface area (Å²) in [6, 6.07) is 8.69. The number of rotatable bonds is 3. The van der Waals surface area contributed by atoms with Gasteiger partial charge in [-0.15, -0.1) is 0 Å². The molecule has 2 fully saturated rings. The molecule has 1 aromatic carbocycles. The molecule has 3 atom stereocenters. The molecule has 1 saturated heterocycles. The number of benzene rings is 1. The van der Waals surface area contributed by atoms with Crippen LogP contribution in [-0.2, 0) is 4.74 Å². The second kappa shape index (κ2) is 4.71. The Hall–Kier alpha value is -1.22. The third-order valence-electron chi connectivity index (χ3n) is 4.74. The van der Waals surface area contributed by atoms with E-state index in [1.54, 1.807) is 7.11 Å². The fourth-order valence-electron chi connectivity index (χ4n) is 3.68. The zero-order valence-electron chi connectivity index (χ0n) is 12.0. The minimum atomic E-state index is 0.213. The van der Waals surface area contributed by atoms with Gasteiger partial charge >= 0.3 is 0 Å². The van der Waals surface area contributed by atoms with Crippen LogP contribution in [0.2, 0.25) is 0 Å². The highest BCUT2D eigenvalue weighted by Crippen LogP contribution is 2.52. The van der Waals surface area contributed by atoms with E-state index in [1.807, 2.05) is 12.1 Å². The molecule has 0 amide bonds. The van der Waals surface area contributed by atoms with Crippen LogP contribution in [0.4, 0.5) is 5.69 Å². The minimum Gasteiger partial charge on any atom is -0.497 e. The maximum absolute atomic E-state index is 5.94. The van der Waals surface area contributed by atoms with Crippen LogP contribution in [0.3, 0.4) is 0 Å². The Morgan fingerprint density at radius 1 is 1.26 bits per heavy atom. The van der Waals surface area contributed by atoms with E-state index in [-0.39, 0.29) is 5.41 Å². The molecule has 0 aromatic heterocycles. The smallest absolute Gasteiger partial charge is 0.119 e. The first kappa shape index (κ1) is 12.8. The first-order chi connectivity index (χ1) is 9.13. The van der Waals surface area contributed by atoms with E-state index >= 15 is 0 Å². The van der Waals surface area contributed by atoms with Gasteiger partial charge in [0.15, 0.2) is 0 Å². The third kappa shape index (κ3) is 2.10. The van der Waals surface area contributed by atoms with E-state index in [0.717, 1.165) is 12.4 Å². The van der Waals surface area contributed by atoms with Crippen LogP contribution in [0.5, 0.6) is 5.75 Å². The van der Waals surface area contributed by atoms with E-state index < -0.39 is 0 Å². The van der Waals surface area contributed by atoms with Crippen molar-refractivity contribution in [3.05, 3.63) is 24.3 Å². The normalized spacial score (nSPS) is 32.1. The SMILES string of the molecule is COc1ccc(NC2C3CCCOC3C2(C)C)cc1. The molecular weight excluding hydrogens is 238 g/mol. The lowest BCUT2D eigenvalue weighted by molar-refractivity contribution is -0.177. The van der Waals surface area contributed by atoms with Gasteiger partial charge in [0.2, 0.25) is 0 Å². The summed E-state index contributed by atoms with van der Waals surface area (Å²) in [5.74, 6) is 1.56. The van der Waals surface area contributed by atoms with Crippen LogP contribution in [-0.4, -0.2) is 25.9 Å². The molecule has 0 bridgehead atoms. The molecule has 1 saturated carbocycles. The van der Waals surface area contributed by atoms with Crippen molar-refractivity contribution in [2.45, 2.75) is 38.8 Å². The summed E-state index contributed by atoms with van der Waals surface area (Å²) in [5.41, 5.74) is 1.38. The quantitative estimate of drug-likeness (QED) is 0.905. The van der Waals surface area contributed by atoms with Crippen molar-refractivity contribution in [1.29, 1.82) is 0 Å². The van der Waals surface area contributed by atoms with Gasteiger partial charge in [-0.1, -0.05) is 13.8 Å². The van der Waals surface area contributed by atoms with Gasteiger partial charge in [0, 0.05) is 29.7 Å². The average Bonchev–Trinajstić information content (AvgIpc) is 2.45. The molecule has 3 heteroatoms. The summed E-state index contributed by atoms with van der Waals surface area (Å²) < 4.78 is 11.1. The number of ether oxygens (including phenoxy) is 2. The topological polar surface area (TPSA) is 30.5 Å². The zero-order valence-corrected chi connectivity index (χ0v) is 12.0. The molecule has 104 valence electrons. The van der Waals surface area contributed by atoms with Gasteiger partial charge in [-0.05, 0) is 37.1 Å². The minimum absolute atomic E-state index is 0.213. The van der Waals surface area contributed by atoms with Crippen molar-refractivity contribution >= 4 is 5.69 Å². The molecular formula is C16H23NO2. The van der Waals surface area contributed by atoms with Crippen LogP contribution in [0, 0.1) is 11.3 Å². The average molecular weight is 261 g/mol. The molecule has 1 heterocycles. The summed E-state index contributed by atoms with van der Waals surface area (Å²) in [6.45, 7) is 5.54. The molecule has 2 aliphatic rings. The van der Waals surface area contributed by atoms with Gasteiger partial charge < -0.3 is 14.8 Å². The predicted octanol–water partition coefficient (Wildman–Crippen LogP) is 3.31. The molecule has 3 rings (SSSR count). The molecule has 3 unspecified atom stereocenters. The summed E-state index contributed by atoms with van der Waals surface area (Å²) in [7, 11) is 1.70. The molecule has 0 radical (unpaired) electrons. The Balaban J connectivity index is 1.71. The lowest BCUT2D eigenvalue weighted by Crippen LogP contribution is -2.67. The molecule has 1 N–H and O–H groups in total. The maximum atomic E-state index is 5.94. The fraction of sp³-hybridized carbons (Fsp3) is 0.625. The van der Waals surface area contributed by atoms with Crippen molar-refractivity contribution in [2.75, 3.05) is 19.0 Å². The lowest BCUT2D eigenvalue weighted by atomic mass is 9.55. The largest absolute Gasteiger partial charge is 0.497 e. The third-order valence-corrected chi connectivity index (χ3v) is 4.74. The van der Waals surface area contributed by atoms with Gasteiger partial charge in [-0.3, -0.25) is 0 Å². The van der Waals surface area contributed by atoms with E-state index in [4.69, 9.17) is 9.47 Å². The summed E-state index contributed by atoms with van der Waals surface area (Å²) in [5, 5.41) is 3.68. The number of hydrogen-bond acceptors (Lipinski definition) is 3. The molecule has 19 heavy (non-hydrogen) atoms. The molecule has 1 aliphatic carbocycles. The van der Waals surface area contributed by atoms with E-state index in [0.29, 0.717) is 18.1 Å². The first-order valence-corrected chi connectivity index (χ1v) is 7.15. The van der Waals surface area contributed by atoms with E-state index in [9.17, 15) is 0 Å². The molecule has 1 aliphatic heterocycles. The summed E-state index contributed by atoms with van der Waals surface area (Å²) in [4.78, 5) is 0. The van der Waals surface area contributed by atoms with Crippen molar-refractivity contribution in [2.24, 2.45) is 11.3 Å². The Kier molecular flexibility index (Phi) is 3.17. The van der Waals surface area contributed by atoms with Gasteiger partial charge in [-0.2, -0.15) is 0 Å². The fourth-order valence-corrected chi connectivity index (χ4v) is 3.68. The first-order valence-electron chi connectivity index (χ1n) is 7.15. The Bertz CT molecular complexity index is 441. The lowest BCUT2D eigenvalue weighted by Gasteiger charge is -2.60. The maximum Gasteiger partial charge on any atom is 0.119 e. The van der Waals surface area contributed by atoms with Crippen LogP contribution >= 0.6 is 0 Å². The predicted molar refractivity (Wildman–Crippen MR) is 76.6 cm³/mol. The molecule has 0 spiro atoms. The molecule has 1 aromatic rings. The molecule has 3 nitrogen and oxygen atoms in total. The van der Waals surface area contributed by atoms with E-state index in [1.165, 1.54) is 18.5 Å². The summed E-state index contributed by atoms with van der Waals surface area (Å²) >= 11 is 0. The number of methoxy groups -OCH3 is 1. The van der Waals surface area contributed by atoms with Crippen molar-refractivity contribution in [1.82, 2.24) is 0 Å². The van der Waals surface area contributed by atoms with Gasteiger partial charge in [0.1, 0.15) is 5.75 Å². The van der Waals surface area contributed by atoms with Crippen LogP contribution < -0.4 is 10.1 Å².